The highest BCUT2D eigenvalue weighted by molar-refractivity contribution is 5.91. The molecule has 292 valence electrons. The van der Waals surface area contributed by atoms with Gasteiger partial charge in [-0.1, -0.05) is 25.2 Å². The van der Waals surface area contributed by atoms with Gasteiger partial charge in [-0.2, -0.15) is 0 Å². The van der Waals surface area contributed by atoms with E-state index in [4.69, 9.17) is 28.4 Å². The smallest absolute Gasteiger partial charge is 0.308 e. The molecule has 0 radical (unpaired) electrons. The van der Waals surface area contributed by atoms with Gasteiger partial charge in [0.15, 0.2) is 18.4 Å². The van der Waals surface area contributed by atoms with E-state index in [0.717, 1.165) is 0 Å². The third-order valence-corrected chi connectivity index (χ3v) is 10.2. The maximum absolute atomic E-state index is 13.1. The highest BCUT2D eigenvalue weighted by atomic mass is 16.7. The summed E-state index contributed by atoms with van der Waals surface area (Å²) in [6.07, 6.45) is -5.53. The summed E-state index contributed by atoms with van der Waals surface area (Å²) in [5, 5.41) is 54.2. The van der Waals surface area contributed by atoms with E-state index in [2.05, 4.69) is 0 Å². The van der Waals surface area contributed by atoms with Gasteiger partial charge in [0.2, 0.25) is 0 Å². The number of rotatable bonds is 9. The van der Waals surface area contributed by atoms with Crippen LogP contribution in [0, 0.1) is 17.8 Å². The zero-order valence-corrected chi connectivity index (χ0v) is 30.9. The maximum atomic E-state index is 13.1. The Bertz CT molecular complexity index is 1190. The summed E-state index contributed by atoms with van der Waals surface area (Å²) in [7, 11) is 4.77. The summed E-state index contributed by atoms with van der Waals surface area (Å²) in [5.41, 5.74) is -1.48. The minimum Gasteiger partial charge on any atom is -0.462 e. The van der Waals surface area contributed by atoms with Crippen LogP contribution in [0.3, 0.4) is 0 Å². The molecule has 16 atom stereocenters. The second-order valence-electron chi connectivity index (χ2n) is 14.6. The van der Waals surface area contributed by atoms with E-state index in [1.807, 2.05) is 0 Å². The molecule has 5 N–H and O–H groups in total. The molecule has 0 aliphatic carbocycles. The van der Waals surface area contributed by atoms with Gasteiger partial charge in [0.05, 0.1) is 49.1 Å². The number of esters is 1. The zero-order valence-electron chi connectivity index (χ0n) is 30.9. The molecule has 2 fully saturated rings. The average Bonchev–Trinajstić information content (AvgIpc) is 3.04. The third kappa shape index (κ3) is 11.2. The molecule has 0 aromatic rings. The summed E-state index contributed by atoms with van der Waals surface area (Å²) in [5.74, 6) is -2.92. The van der Waals surface area contributed by atoms with Crippen molar-refractivity contribution in [1.82, 2.24) is 4.90 Å². The van der Waals surface area contributed by atoms with Gasteiger partial charge in [0.25, 0.3) is 0 Å². The van der Waals surface area contributed by atoms with Gasteiger partial charge in [0.1, 0.15) is 36.8 Å². The van der Waals surface area contributed by atoms with Gasteiger partial charge in [-0.05, 0) is 60.2 Å². The number of carbonyl (C=O) groups excluding carboxylic acids is 3. The van der Waals surface area contributed by atoms with Crippen molar-refractivity contribution in [1.29, 1.82) is 0 Å². The number of hydrogen-bond acceptors (Lipinski definition) is 15. The highest BCUT2D eigenvalue weighted by Gasteiger charge is 2.51. The Morgan fingerprint density at radius 1 is 0.980 bits per heavy atom. The van der Waals surface area contributed by atoms with Crippen molar-refractivity contribution in [3.05, 3.63) is 24.3 Å². The second kappa shape index (κ2) is 19.3. The standard InChI is InChI=1S/C36H59NO14/c1-19-15-23(13-14-38)32(33(46-8)26(41)16-27(42)47-20(2)24(18-39)11-9-10-12-25(19)40)51-35-30(43)29(37(6)7)31(21(3)49-35)50-28-17-36(5,45)34(44)22(4)48-28/h9-12,14,19-24,26,28-35,39,41,43-45H,13,15-18H2,1-8H3/b11-9+,12-10+/t19-,20-,21?,22?,23+,24-,26?,28?,29?,30?,31?,32+,33+,34?,35?,36?/m1/s1. The van der Waals surface area contributed by atoms with E-state index in [0.29, 0.717) is 6.29 Å². The van der Waals surface area contributed by atoms with E-state index in [9.17, 15) is 39.9 Å². The molecule has 0 bridgehead atoms. The number of carbonyl (C=O) groups is 3. The molecule has 10 unspecified atom stereocenters. The van der Waals surface area contributed by atoms with E-state index in [1.54, 1.807) is 58.8 Å². The summed E-state index contributed by atoms with van der Waals surface area (Å²) in [6, 6.07) is -0.759. The molecule has 15 heteroatoms. The van der Waals surface area contributed by atoms with Crippen molar-refractivity contribution in [3.63, 3.8) is 0 Å². The van der Waals surface area contributed by atoms with Crippen LogP contribution in [-0.4, -0.2) is 155 Å². The molecule has 2 saturated heterocycles. The summed E-state index contributed by atoms with van der Waals surface area (Å²) >= 11 is 0. The van der Waals surface area contributed by atoms with Crippen molar-refractivity contribution in [2.24, 2.45) is 17.8 Å². The Balaban J connectivity index is 1.96. The first-order valence-electron chi connectivity index (χ1n) is 17.7. The van der Waals surface area contributed by atoms with Gasteiger partial charge in [-0.3, -0.25) is 9.59 Å². The molecule has 0 spiro atoms. The van der Waals surface area contributed by atoms with Crippen LogP contribution in [0.1, 0.15) is 60.3 Å². The fraction of sp³-hybridized carbons (Fsp3) is 0.806. The monoisotopic (exact) mass is 729 g/mol. The van der Waals surface area contributed by atoms with Crippen molar-refractivity contribution in [2.75, 3.05) is 27.8 Å². The summed E-state index contributed by atoms with van der Waals surface area (Å²) in [4.78, 5) is 39.9. The largest absolute Gasteiger partial charge is 0.462 e. The fourth-order valence-electron chi connectivity index (χ4n) is 7.18. The summed E-state index contributed by atoms with van der Waals surface area (Å²) < 4.78 is 36.1. The predicted octanol–water partition coefficient (Wildman–Crippen LogP) is 0.272. The van der Waals surface area contributed by atoms with Gasteiger partial charge < -0.3 is 63.6 Å². The lowest BCUT2D eigenvalue weighted by molar-refractivity contribution is -0.344. The maximum Gasteiger partial charge on any atom is 0.308 e. The topological polar surface area (TPSA) is 211 Å². The average molecular weight is 730 g/mol. The SMILES string of the molecule is CO[C@H]1C(O)CC(=O)O[C@H](C)[C@@H](CO)/C=C/C=C/C(=O)[C@H](C)C[C@H](CC=O)[C@@H]1OC1OC(C)C(OC2CC(C)(O)C(O)C(C)O2)C(N(C)C)C1O. The number of nitrogens with zero attached hydrogens (tertiary/aromatic N) is 1. The number of methoxy groups -OCH3 is 1. The lowest BCUT2D eigenvalue weighted by Gasteiger charge is -2.50. The molecule has 51 heavy (non-hydrogen) atoms. The quantitative estimate of drug-likeness (QED) is 0.159. The Kier molecular flexibility index (Phi) is 16.3. The predicted molar refractivity (Wildman–Crippen MR) is 182 cm³/mol. The van der Waals surface area contributed by atoms with Crippen LogP contribution in [0.2, 0.25) is 0 Å². The number of aldehydes is 1. The molecular weight excluding hydrogens is 670 g/mol. The van der Waals surface area contributed by atoms with Crippen LogP contribution in [-0.2, 0) is 42.8 Å². The number of hydrogen-bond donors (Lipinski definition) is 5. The third-order valence-electron chi connectivity index (χ3n) is 10.2. The molecule has 0 aromatic carbocycles. The van der Waals surface area contributed by atoms with Crippen LogP contribution in [0.4, 0.5) is 0 Å². The van der Waals surface area contributed by atoms with E-state index in [-0.39, 0.29) is 31.7 Å². The molecule has 0 saturated carbocycles. The minimum atomic E-state index is -1.51. The van der Waals surface area contributed by atoms with Crippen molar-refractivity contribution in [3.8, 4) is 0 Å². The second-order valence-corrected chi connectivity index (χ2v) is 14.6. The van der Waals surface area contributed by atoms with E-state index in [1.165, 1.54) is 26.2 Å². The lowest BCUT2D eigenvalue weighted by Crippen LogP contribution is -2.65. The summed E-state index contributed by atoms with van der Waals surface area (Å²) in [6.45, 7) is 7.81. The Morgan fingerprint density at radius 3 is 2.25 bits per heavy atom. The number of aliphatic hydroxyl groups excluding tert-OH is 4. The molecule has 15 nitrogen and oxygen atoms in total. The normalized spacial score (nSPS) is 44.9. The van der Waals surface area contributed by atoms with Crippen LogP contribution in [0.5, 0.6) is 0 Å². The van der Waals surface area contributed by atoms with Gasteiger partial charge in [-0.25, -0.2) is 0 Å². The first-order chi connectivity index (χ1) is 23.9. The zero-order chi connectivity index (χ0) is 38.2. The molecule has 0 amide bonds. The highest BCUT2D eigenvalue weighted by Crippen LogP contribution is 2.36. The number of allylic oxidation sites excluding steroid dienone is 3. The Hall–Kier alpha value is -2.15. The number of ether oxygens (including phenoxy) is 6. The molecule has 3 aliphatic rings. The number of likely N-dealkylation sites (N-methyl/N-ethyl adjacent to an activating group) is 1. The van der Waals surface area contributed by atoms with Crippen molar-refractivity contribution >= 4 is 18.0 Å². The first-order valence-corrected chi connectivity index (χ1v) is 17.7. The number of cyclic esters (lactones) is 1. The van der Waals surface area contributed by atoms with Gasteiger partial charge in [-0.15, -0.1) is 0 Å². The molecular formula is C36H59NO14. The van der Waals surface area contributed by atoms with Gasteiger partial charge >= 0.3 is 5.97 Å². The van der Waals surface area contributed by atoms with Crippen molar-refractivity contribution < 1.29 is 68.3 Å². The van der Waals surface area contributed by atoms with Crippen LogP contribution >= 0.6 is 0 Å². The number of aliphatic hydroxyl groups is 5. The molecule has 0 aromatic heterocycles. The molecule has 3 heterocycles. The lowest BCUT2D eigenvalue weighted by atomic mass is 9.83. The van der Waals surface area contributed by atoms with E-state index < -0.39 is 109 Å². The minimum absolute atomic E-state index is 0.0367. The Labute approximate surface area is 300 Å². The van der Waals surface area contributed by atoms with Crippen molar-refractivity contribution in [2.45, 2.75) is 139 Å². The molecule has 3 aliphatic heterocycles. The molecule has 3 rings (SSSR count). The van der Waals surface area contributed by atoms with Gasteiger partial charge in [0, 0.05) is 31.8 Å². The fourth-order valence-corrected chi connectivity index (χ4v) is 7.18. The number of ketones is 1. The van der Waals surface area contributed by atoms with E-state index >= 15 is 0 Å². The van der Waals surface area contributed by atoms with Crippen LogP contribution in [0.25, 0.3) is 0 Å². The van der Waals surface area contributed by atoms with Crippen LogP contribution < -0.4 is 0 Å². The Morgan fingerprint density at radius 2 is 1.67 bits per heavy atom. The first kappa shape index (κ1) is 43.3. The van der Waals surface area contributed by atoms with Crippen LogP contribution in [0.15, 0.2) is 24.3 Å².